The van der Waals surface area contributed by atoms with Gasteiger partial charge in [0, 0.05) is 5.69 Å². The summed E-state index contributed by atoms with van der Waals surface area (Å²) in [5.41, 5.74) is 1.23. The van der Waals surface area contributed by atoms with E-state index in [9.17, 15) is 25.6 Å². The van der Waals surface area contributed by atoms with Gasteiger partial charge in [-0.3, -0.25) is 9.44 Å². The van der Waals surface area contributed by atoms with Gasteiger partial charge in [-0.05, 0) is 61.0 Å². The average molecular weight is 438 g/mol. The molecule has 3 aromatic carbocycles. The third-order valence-corrected chi connectivity index (χ3v) is 6.77. The Morgan fingerprint density at radius 3 is 1.90 bits per heavy atom. The Balaban J connectivity index is 1.81. The van der Waals surface area contributed by atoms with Gasteiger partial charge in [-0.15, -0.1) is 0 Å². The van der Waals surface area contributed by atoms with Crippen molar-refractivity contribution in [3.8, 4) is 0 Å². The van der Waals surface area contributed by atoms with Gasteiger partial charge in [-0.25, -0.2) is 25.6 Å². The molecule has 0 saturated heterocycles. The lowest BCUT2D eigenvalue weighted by molar-refractivity contribution is 0.504. The number of hydrogen-bond donors (Lipinski definition) is 2. The minimum Gasteiger partial charge on any atom is -0.280 e. The van der Waals surface area contributed by atoms with Crippen LogP contribution in [0.3, 0.4) is 0 Å². The first kappa shape index (κ1) is 20.7. The molecule has 2 N–H and O–H groups in total. The molecule has 0 radical (unpaired) electrons. The molecule has 6 nitrogen and oxygen atoms in total. The number of halogens is 2. The van der Waals surface area contributed by atoms with E-state index in [-0.39, 0.29) is 10.6 Å². The molecule has 0 atom stereocenters. The minimum atomic E-state index is -4.18. The average Bonchev–Trinajstić information content (AvgIpc) is 2.66. The van der Waals surface area contributed by atoms with Crippen LogP contribution in [0.2, 0.25) is 0 Å². The van der Waals surface area contributed by atoms with Gasteiger partial charge in [-0.2, -0.15) is 0 Å². The lowest BCUT2D eigenvalue weighted by Gasteiger charge is -2.12. The Hall–Kier alpha value is -2.98. The van der Waals surface area contributed by atoms with E-state index in [1.165, 1.54) is 24.3 Å². The second-order valence-electron chi connectivity index (χ2n) is 6.13. The van der Waals surface area contributed by atoms with Crippen molar-refractivity contribution in [2.75, 3.05) is 9.44 Å². The molecule has 0 fully saturated rings. The van der Waals surface area contributed by atoms with Crippen LogP contribution in [0.25, 0.3) is 0 Å². The maximum absolute atomic E-state index is 13.3. The number of benzene rings is 3. The van der Waals surface area contributed by atoms with E-state index in [1.54, 1.807) is 31.2 Å². The fourth-order valence-electron chi connectivity index (χ4n) is 2.45. The normalized spacial score (nSPS) is 11.8. The predicted molar refractivity (Wildman–Crippen MR) is 106 cm³/mol. The quantitative estimate of drug-likeness (QED) is 0.611. The second kappa shape index (κ2) is 7.80. The zero-order valence-corrected chi connectivity index (χ0v) is 16.7. The zero-order chi connectivity index (χ0) is 21.2. The molecule has 0 heterocycles. The van der Waals surface area contributed by atoms with E-state index in [2.05, 4.69) is 9.44 Å². The summed E-state index contributed by atoms with van der Waals surface area (Å²) in [4.78, 5) is -0.536. The third-order valence-electron chi connectivity index (χ3n) is 4.01. The predicted octanol–water partition coefficient (Wildman–Crippen LogP) is 3.87. The first-order chi connectivity index (χ1) is 13.6. The van der Waals surface area contributed by atoms with Crippen molar-refractivity contribution in [2.24, 2.45) is 0 Å². The molecule has 0 aliphatic heterocycles. The number of aryl methyl sites for hydroxylation is 1. The summed E-state index contributed by atoms with van der Waals surface area (Å²) in [5, 5.41) is 0. The molecule has 0 saturated carbocycles. The largest absolute Gasteiger partial charge is 0.280 e. The Morgan fingerprint density at radius 1 is 0.690 bits per heavy atom. The maximum atomic E-state index is 13.3. The van der Waals surface area contributed by atoms with Crippen LogP contribution < -0.4 is 9.44 Å². The first-order valence-corrected chi connectivity index (χ1v) is 11.2. The molecule has 0 unspecified atom stereocenters. The molecular formula is C19H16F2N2O4S2. The number of anilines is 2. The summed E-state index contributed by atoms with van der Waals surface area (Å²) >= 11 is 0. The van der Waals surface area contributed by atoms with Gasteiger partial charge < -0.3 is 0 Å². The van der Waals surface area contributed by atoms with Crippen molar-refractivity contribution in [2.45, 2.75) is 16.7 Å². The van der Waals surface area contributed by atoms with Crippen LogP contribution in [0.5, 0.6) is 0 Å². The highest BCUT2D eigenvalue weighted by Crippen LogP contribution is 2.22. The highest BCUT2D eigenvalue weighted by molar-refractivity contribution is 7.93. The number of hydrogen-bond acceptors (Lipinski definition) is 4. The van der Waals surface area contributed by atoms with Crippen LogP contribution in [0.15, 0.2) is 76.5 Å². The van der Waals surface area contributed by atoms with Gasteiger partial charge in [0.15, 0.2) is 11.6 Å². The van der Waals surface area contributed by atoms with E-state index in [0.29, 0.717) is 17.8 Å². The molecule has 10 heteroatoms. The van der Waals surface area contributed by atoms with Crippen LogP contribution in [0.1, 0.15) is 5.56 Å². The van der Waals surface area contributed by atoms with Crippen LogP contribution in [-0.4, -0.2) is 16.8 Å². The summed E-state index contributed by atoms with van der Waals surface area (Å²) in [7, 11) is -8.05. The van der Waals surface area contributed by atoms with Crippen LogP contribution >= 0.6 is 0 Å². The summed E-state index contributed by atoms with van der Waals surface area (Å²) in [6.45, 7) is 1.76. The third kappa shape index (κ3) is 4.72. The summed E-state index contributed by atoms with van der Waals surface area (Å²) in [5.74, 6) is -2.46. The molecular weight excluding hydrogens is 422 g/mol. The van der Waals surface area contributed by atoms with E-state index in [0.717, 1.165) is 11.6 Å². The van der Waals surface area contributed by atoms with Crippen molar-refractivity contribution in [3.63, 3.8) is 0 Å². The van der Waals surface area contributed by atoms with Crippen LogP contribution in [0.4, 0.5) is 20.2 Å². The first-order valence-electron chi connectivity index (χ1n) is 8.25. The number of para-hydroxylation sites is 1. The van der Waals surface area contributed by atoms with Gasteiger partial charge in [-0.1, -0.05) is 18.2 Å². The van der Waals surface area contributed by atoms with Crippen molar-refractivity contribution in [1.29, 1.82) is 0 Å². The summed E-state index contributed by atoms with van der Waals surface area (Å²) < 4.78 is 80.6. The monoisotopic (exact) mass is 438 g/mol. The SMILES string of the molecule is Cc1ccccc1NS(=O)(=O)c1ccc(NS(=O)(=O)c2ccc(F)c(F)c2)cc1. The molecule has 29 heavy (non-hydrogen) atoms. The molecule has 152 valence electrons. The topological polar surface area (TPSA) is 92.3 Å². The van der Waals surface area contributed by atoms with Crippen LogP contribution in [0, 0.1) is 18.6 Å². The molecule has 0 aliphatic carbocycles. The smallest absolute Gasteiger partial charge is 0.261 e. The second-order valence-corrected chi connectivity index (χ2v) is 9.49. The highest BCUT2D eigenvalue weighted by Gasteiger charge is 2.18. The number of sulfonamides is 2. The lowest BCUT2D eigenvalue weighted by atomic mass is 10.2. The summed E-state index contributed by atoms with van der Waals surface area (Å²) in [6, 6.07) is 14.0. The lowest BCUT2D eigenvalue weighted by Crippen LogP contribution is -2.15. The molecule has 0 aliphatic rings. The van der Waals surface area contributed by atoms with Gasteiger partial charge in [0.25, 0.3) is 20.0 Å². The minimum absolute atomic E-state index is 0.0598. The Labute approximate surface area is 167 Å². The van der Waals surface area contributed by atoms with E-state index in [4.69, 9.17) is 0 Å². The number of nitrogens with one attached hydrogen (secondary N) is 2. The van der Waals surface area contributed by atoms with E-state index < -0.39 is 36.6 Å². The Kier molecular flexibility index (Phi) is 5.58. The van der Waals surface area contributed by atoms with Gasteiger partial charge in [0.1, 0.15) is 0 Å². The van der Waals surface area contributed by atoms with Gasteiger partial charge >= 0.3 is 0 Å². The fourth-order valence-corrected chi connectivity index (χ4v) is 4.65. The molecule has 0 aromatic heterocycles. The summed E-state index contributed by atoms with van der Waals surface area (Å²) in [6.07, 6.45) is 0. The van der Waals surface area contributed by atoms with Gasteiger partial charge in [0.2, 0.25) is 0 Å². The maximum Gasteiger partial charge on any atom is 0.261 e. The Morgan fingerprint density at radius 2 is 1.28 bits per heavy atom. The number of rotatable bonds is 6. The van der Waals surface area contributed by atoms with E-state index >= 15 is 0 Å². The molecule has 0 bridgehead atoms. The van der Waals surface area contributed by atoms with Gasteiger partial charge in [0.05, 0.1) is 15.5 Å². The van der Waals surface area contributed by atoms with Crippen molar-refractivity contribution < 1.29 is 25.6 Å². The fraction of sp³-hybridized carbons (Fsp3) is 0.0526. The molecule has 0 spiro atoms. The molecule has 0 amide bonds. The van der Waals surface area contributed by atoms with Crippen molar-refractivity contribution >= 4 is 31.4 Å². The Bertz CT molecular complexity index is 1260. The standard InChI is InChI=1S/C19H16F2N2O4S2/c1-13-4-2-3-5-19(13)23-28(24,25)15-8-6-14(7-9-15)22-29(26,27)16-10-11-17(20)18(21)12-16/h2-12,22-23H,1H3. The molecule has 3 rings (SSSR count). The zero-order valence-electron chi connectivity index (χ0n) is 15.1. The van der Waals surface area contributed by atoms with Crippen molar-refractivity contribution in [1.82, 2.24) is 0 Å². The van der Waals surface area contributed by atoms with E-state index in [1.807, 2.05) is 0 Å². The van der Waals surface area contributed by atoms with Crippen molar-refractivity contribution in [3.05, 3.63) is 83.9 Å². The highest BCUT2D eigenvalue weighted by atomic mass is 32.2. The molecule has 3 aromatic rings. The van der Waals surface area contributed by atoms with Crippen LogP contribution in [-0.2, 0) is 20.0 Å².